The number of nitrogens with zero attached hydrogens (tertiary/aromatic N) is 2. The lowest BCUT2D eigenvalue weighted by molar-refractivity contribution is -0.114. The molecule has 1 N–H and O–H groups in total. The van der Waals surface area contributed by atoms with E-state index in [0.29, 0.717) is 4.41 Å². The van der Waals surface area contributed by atoms with Gasteiger partial charge in [0.05, 0.1) is 6.21 Å². The normalized spacial score (nSPS) is 19.9. The Balaban J connectivity index is 2.23. The predicted octanol–water partition coefficient (Wildman–Crippen LogP) is 0.271. The third kappa shape index (κ3) is 2.51. The van der Waals surface area contributed by atoms with Gasteiger partial charge in [-0.2, -0.15) is 17.9 Å². The van der Waals surface area contributed by atoms with E-state index in [2.05, 4.69) is 5.10 Å². The maximum atomic E-state index is 11.5. The number of ketones is 1. The molecule has 0 aliphatic carbocycles. The largest absolute Gasteiger partial charge is 0.375 e. The van der Waals surface area contributed by atoms with Crippen molar-refractivity contribution in [3.05, 3.63) is 35.9 Å². The first-order chi connectivity index (χ1) is 7.98. The zero-order valence-electron chi connectivity index (χ0n) is 8.72. The average molecular weight is 254 g/mol. The van der Waals surface area contributed by atoms with Crippen LogP contribution >= 0.6 is 0 Å². The molecule has 90 valence electrons. The monoisotopic (exact) mass is 254 g/mol. The zero-order chi connectivity index (χ0) is 12.5. The average Bonchev–Trinajstić information content (AvgIpc) is 2.62. The summed E-state index contributed by atoms with van der Waals surface area (Å²) in [5.41, 5.74) is 0.796. The number of carbonyl (C=O) groups excluding carboxylic acids is 1. The summed E-state index contributed by atoms with van der Waals surface area (Å²) in [6.45, 7) is 0. The second-order valence-electron chi connectivity index (χ2n) is 3.60. The van der Waals surface area contributed by atoms with Gasteiger partial charge in [0.15, 0.2) is 0 Å². The number of hydrogen-bond donors (Lipinski definition) is 1. The van der Waals surface area contributed by atoms with Crippen molar-refractivity contribution in [1.82, 2.24) is 4.41 Å². The van der Waals surface area contributed by atoms with Crippen LogP contribution in [0.25, 0.3) is 0 Å². The van der Waals surface area contributed by atoms with Gasteiger partial charge in [-0.05, 0) is 5.56 Å². The third-order valence-electron chi connectivity index (χ3n) is 2.40. The highest BCUT2D eigenvalue weighted by Crippen LogP contribution is 2.17. The lowest BCUT2D eigenvalue weighted by Crippen LogP contribution is -2.38. The van der Waals surface area contributed by atoms with Crippen molar-refractivity contribution >= 4 is 22.3 Å². The summed E-state index contributed by atoms with van der Waals surface area (Å²) >= 11 is 0. The lowest BCUT2D eigenvalue weighted by Gasteiger charge is -2.18. The topological polar surface area (TPSA) is 87.0 Å². The first-order valence-electron chi connectivity index (χ1n) is 4.87. The molecule has 0 radical (unpaired) electrons. The Labute approximate surface area is 98.4 Å². The number of benzene rings is 1. The third-order valence-corrected chi connectivity index (χ3v) is 3.22. The SMILES string of the molecule is O=C1C=NN(S(=O)(=O)O)C1Cc1ccccc1. The van der Waals surface area contributed by atoms with Gasteiger partial charge in [-0.1, -0.05) is 30.3 Å². The van der Waals surface area contributed by atoms with E-state index in [1.165, 1.54) is 0 Å². The van der Waals surface area contributed by atoms with Crippen LogP contribution in [0.1, 0.15) is 5.56 Å². The van der Waals surface area contributed by atoms with Crippen molar-refractivity contribution < 1.29 is 17.8 Å². The highest BCUT2D eigenvalue weighted by atomic mass is 32.2. The second-order valence-corrected chi connectivity index (χ2v) is 4.87. The van der Waals surface area contributed by atoms with Gasteiger partial charge in [0, 0.05) is 6.42 Å². The van der Waals surface area contributed by atoms with Crippen LogP contribution < -0.4 is 0 Å². The smallest absolute Gasteiger partial charge is 0.291 e. The molecule has 0 saturated carbocycles. The standard InChI is InChI=1S/C10H10N2O4S/c13-10-7-11-12(17(14,15)16)9(10)6-8-4-2-1-3-5-8/h1-5,7,9H,6H2,(H,14,15,16). The molecule has 0 saturated heterocycles. The molecule has 17 heavy (non-hydrogen) atoms. The number of hydrogen-bond acceptors (Lipinski definition) is 4. The Morgan fingerprint density at radius 2 is 1.94 bits per heavy atom. The van der Waals surface area contributed by atoms with Crippen molar-refractivity contribution in [2.24, 2.45) is 5.10 Å². The summed E-state index contributed by atoms with van der Waals surface area (Å²) in [7, 11) is -4.49. The molecular formula is C10H10N2O4S. The second kappa shape index (κ2) is 4.27. The van der Waals surface area contributed by atoms with Crippen LogP contribution in [0.3, 0.4) is 0 Å². The van der Waals surface area contributed by atoms with Gasteiger partial charge in [0.1, 0.15) is 6.04 Å². The van der Waals surface area contributed by atoms with Crippen molar-refractivity contribution in [3.8, 4) is 0 Å². The quantitative estimate of drug-likeness (QED) is 0.784. The van der Waals surface area contributed by atoms with Gasteiger partial charge in [-0.15, -0.1) is 0 Å². The van der Waals surface area contributed by atoms with Crippen LogP contribution in [0.5, 0.6) is 0 Å². The lowest BCUT2D eigenvalue weighted by atomic mass is 10.0. The maximum absolute atomic E-state index is 11.5. The Bertz CT molecular complexity index is 553. The number of rotatable bonds is 3. The van der Waals surface area contributed by atoms with E-state index in [9.17, 15) is 13.2 Å². The molecule has 0 aromatic heterocycles. The molecule has 1 aliphatic heterocycles. The summed E-state index contributed by atoms with van der Waals surface area (Å²) < 4.78 is 31.3. The van der Waals surface area contributed by atoms with E-state index in [1.54, 1.807) is 24.3 Å². The molecule has 1 aliphatic rings. The van der Waals surface area contributed by atoms with Crippen LogP contribution in [0, 0.1) is 0 Å². The molecule has 1 heterocycles. The number of carbonyl (C=O) groups is 1. The highest BCUT2D eigenvalue weighted by Gasteiger charge is 2.36. The van der Waals surface area contributed by atoms with Crippen LogP contribution in [0.2, 0.25) is 0 Å². The van der Waals surface area contributed by atoms with Crippen molar-refractivity contribution in [2.45, 2.75) is 12.5 Å². The summed E-state index contributed by atoms with van der Waals surface area (Å²) in [6, 6.07) is 7.94. The Hall–Kier alpha value is -1.73. The van der Waals surface area contributed by atoms with Gasteiger partial charge >= 0.3 is 10.3 Å². The Kier molecular flexibility index (Phi) is 2.95. The van der Waals surface area contributed by atoms with Crippen molar-refractivity contribution in [3.63, 3.8) is 0 Å². The first-order valence-corrected chi connectivity index (χ1v) is 6.27. The van der Waals surface area contributed by atoms with Gasteiger partial charge in [-0.3, -0.25) is 9.35 Å². The summed E-state index contributed by atoms with van der Waals surface area (Å²) in [4.78, 5) is 11.5. The molecule has 6 nitrogen and oxygen atoms in total. The van der Waals surface area contributed by atoms with E-state index < -0.39 is 22.1 Å². The molecule has 2 rings (SSSR count). The first kappa shape index (κ1) is 11.7. The minimum atomic E-state index is -4.49. The van der Waals surface area contributed by atoms with E-state index in [4.69, 9.17) is 4.55 Å². The van der Waals surface area contributed by atoms with Crippen LogP contribution in [0.4, 0.5) is 0 Å². The molecule has 7 heteroatoms. The minimum absolute atomic E-state index is 0.180. The van der Waals surface area contributed by atoms with Gasteiger partial charge in [-0.25, -0.2) is 0 Å². The van der Waals surface area contributed by atoms with E-state index in [1.807, 2.05) is 6.07 Å². The summed E-state index contributed by atoms with van der Waals surface area (Å²) in [5, 5.41) is 3.39. The van der Waals surface area contributed by atoms with Gasteiger partial charge in [0.2, 0.25) is 5.78 Å². The fourth-order valence-corrected chi connectivity index (χ4v) is 2.29. The van der Waals surface area contributed by atoms with Crippen LogP contribution in [-0.4, -0.2) is 35.4 Å². The minimum Gasteiger partial charge on any atom is -0.291 e. The molecule has 0 bridgehead atoms. The maximum Gasteiger partial charge on any atom is 0.375 e. The van der Waals surface area contributed by atoms with Crippen LogP contribution in [-0.2, 0) is 21.5 Å². The van der Waals surface area contributed by atoms with Crippen molar-refractivity contribution in [1.29, 1.82) is 0 Å². The molecule has 1 unspecified atom stereocenters. The zero-order valence-corrected chi connectivity index (χ0v) is 9.54. The van der Waals surface area contributed by atoms with Crippen LogP contribution in [0.15, 0.2) is 35.4 Å². The molecule has 0 amide bonds. The predicted molar refractivity (Wildman–Crippen MR) is 60.8 cm³/mol. The summed E-state index contributed by atoms with van der Waals surface area (Å²) in [5.74, 6) is -0.438. The number of Topliss-reactive ketones (excluding diaryl/α,β-unsaturated/α-hetero) is 1. The Morgan fingerprint density at radius 1 is 1.29 bits per heavy atom. The van der Waals surface area contributed by atoms with Crippen molar-refractivity contribution in [2.75, 3.05) is 0 Å². The van der Waals surface area contributed by atoms with E-state index >= 15 is 0 Å². The molecule has 0 fully saturated rings. The number of hydrazone groups is 1. The van der Waals surface area contributed by atoms with E-state index in [0.717, 1.165) is 11.8 Å². The molecule has 1 aromatic rings. The Morgan fingerprint density at radius 3 is 2.53 bits per heavy atom. The molecule has 0 spiro atoms. The fraction of sp³-hybridized carbons (Fsp3) is 0.200. The van der Waals surface area contributed by atoms with Gasteiger partial charge < -0.3 is 0 Å². The molecule has 1 atom stereocenters. The summed E-state index contributed by atoms with van der Waals surface area (Å²) in [6.07, 6.45) is 1.08. The molecule has 1 aromatic carbocycles. The van der Waals surface area contributed by atoms with E-state index in [-0.39, 0.29) is 6.42 Å². The fourth-order valence-electron chi connectivity index (χ4n) is 1.63. The highest BCUT2D eigenvalue weighted by molar-refractivity contribution is 7.83. The molecular weight excluding hydrogens is 244 g/mol. The van der Waals surface area contributed by atoms with Gasteiger partial charge in [0.25, 0.3) is 0 Å².